The fourth-order valence-electron chi connectivity index (χ4n) is 4.61. The van der Waals surface area contributed by atoms with Crippen molar-refractivity contribution in [3.05, 3.63) is 53.7 Å². The number of anilines is 1. The molecule has 3 N–H and O–H groups in total. The van der Waals surface area contributed by atoms with E-state index in [9.17, 15) is 26.4 Å². The SMILES string of the molecule is NC(=O)N1CCCC(c2ccc(S(=O)(=O)N3CCC(Nc4ccc(C(F)(F)F)cn4)CC3)cc2)C1. The van der Waals surface area contributed by atoms with Gasteiger partial charge in [-0.15, -0.1) is 0 Å². The van der Waals surface area contributed by atoms with Gasteiger partial charge in [-0.25, -0.2) is 18.2 Å². The summed E-state index contributed by atoms with van der Waals surface area (Å²) >= 11 is 0. The zero-order valence-corrected chi connectivity index (χ0v) is 19.9. The van der Waals surface area contributed by atoms with E-state index in [0.717, 1.165) is 30.7 Å². The number of primary amides is 1. The maximum atomic E-state index is 13.1. The molecule has 8 nitrogen and oxygen atoms in total. The number of likely N-dealkylation sites (tertiary alicyclic amines) is 1. The van der Waals surface area contributed by atoms with E-state index in [0.29, 0.717) is 44.8 Å². The Bertz CT molecular complexity index is 1130. The van der Waals surface area contributed by atoms with Crippen LogP contribution in [0.3, 0.4) is 0 Å². The molecule has 0 bridgehead atoms. The van der Waals surface area contributed by atoms with E-state index in [4.69, 9.17) is 5.73 Å². The van der Waals surface area contributed by atoms with Crippen LogP contribution >= 0.6 is 0 Å². The van der Waals surface area contributed by atoms with Crippen molar-refractivity contribution in [1.29, 1.82) is 0 Å². The Morgan fingerprint density at radius 3 is 2.29 bits per heavy atom. The average molecular weight is 512 g/mol. The topological polar surface area (TPSA) is 109 Å². The molecule has 1 atom stereocenters. The zero-order valence-electron chi connectivity index (χ0n) is 19.0. The number of benzene rings is 1. The van der Waals surface area contributed by atoms with E-state index < -0.39 is 27.8 Å². The third kappa shape index (κ3) is 5.87. The van der Waals surface area contributed by atoms with Crippen LogP contribution in [0.4, 0.5) is 23.8 Å². The van der Waals surface area contributed by atoms with Crippen LogP contribution in [-0.2, 0) is 16.2 Å². The molecular formula is C23H28F3N5O3S. The first-order valence-corrected chi connectivity index (χ1v) is 12.9. The maximum absolute atomic E-state index is 13.1. The minimum absolute atomic E-state index is 0.0902. The van der Waals surface area contributed by atoms with Crippen LogP contribution in [0.5, 0.6) is 0 Å². The molecule has 2 fully saturated rings. The summed E-state index contributed by atoms with van der Waals surface area (Å²) in [4.78, 5) is 17.1. The predicted octanol–water partition coefficient (Wildman–Crippen LogP) is 3.62. The quantitative estimate of drug-likeness (QED) is 0.638. The fourth-order valence-corrected chi connectivity index (χ4v) is 6.08. The maximum Gasteiger partial charge on any atom is 0.417 e. The fraction of sp³-hybridized carbons (Fsp3) is 0.478. The van der Waals surface area contributed by atoms with Gasteiger partial charge < -0.3 is 16.0 Å². The number of nitrogens with two attached hydrogens (primary N) is 1. The molecule has 4 rings (SSSR count). The number of hydrogen-bond acceptors (Lipinski definition) is 5. The van der Waals surface area contributed by atoms with E-state index >= 15 is 0 Å². The second-order valence-corrected chi connectivity index (χ2v) is 10.9. The third-order valence-electron chi connectivity index (χ3n) is 6.62. The van der Waals surface area contributed by atoms with Crippen molar-refractivity contribution in [2.75, 3.05) is 31.5 Å². The molecule has 1 unspecified atom stereocenters. The highest BCUT2D eigenvalue weighted by molar-refractivity contribution is 7.89. The molecule has 0 spiro atoms. The molecule has 0 aliphatic carbocycles. The second-order valence-electron chi connectivity index (χ2n) is 8.95. The third-order valence-corrected chi connectivity index (χ3v) is 8.53. The summed E-state index contributed by atoms with van der Waals surface area (Å²) < 4.78 is 65.8. The number of alkyl halides is 3. The molecule has 1 aromatic heterocycles. The molecule has 3 heterocycles. The summed E-state index contributed by atoms with van der Waals surface area (Å²) in [5, 5.41) is 3.09. The van der Waals surface area contributed by atoms with Gasteiger partial charge in [-0.2, -0.15) is 17.5 Å². The molecule has 12 heteroatoms. The van der Waals surface area contributed by atoms with Crippen LogP contribution in [0.1, 0.15) is 42.7 Å². The number of urea groups is 1. The van der Waals surface area contributed by atoms with Gasteiger partial charge in [0.25, 0.3) is 0 Å². The van der Waals surface area contributed by atoms with E-state index in [-0.39, 0.29) is 16.9 Å². The smallest absolute Gasteiger partial charge is 0.367 e. The number of halogens is 3. The first kappa shape index (κ1) is 25.2. The summed E-state index contributed by atoms with van der Waals surface area (Å²) in [5.41, 5.74) is 5.56. The number of rotatable bonds is 5. The lowest BCUT2D eigenvalue weighted by Gasteiger charge is -2.32. The van der Waals surface area contributed by atoms with E-state index in [1.54, 1.807) is 29.2 Å². The lowest BCUT2D eigenvalue weighted by atomic mass is 9.91. The number of carbonyl (C=O) groups excluding carboxylic acids is 1. The number of pyridine rings is 1. The summed E-state index contributed by atoms with van der Waals surface area (Å²) in [5.74, 6) is 0.446. The lowest BCUT2D eigenvalue weighted by molar-refractivity contribution is -0.137. The van der Waals surface area contributed by atoms with Gasteiger partial charge in [0, 0.05) is 44.3 Å². The molecule has 0 radical (unpaired) electrons. The van der Waals surface area contributed by atoms with Crippen molar-refractivity contribution in [2.24, 2.45) is 5.73 Å². The molecule has 2 aliphatic heterocycles. The monoisotopic (exact) mass is 511 g/mol. The van der Waals surface area contributed by atoms with Crippen LogP contribution < -0.4 is 11.1 Å². The molecule has 2 aliphatic rings. The van der Waals surface area contributed by atoms with Crippen molar-refractivity contribution in [3.8, 4) is 0 Å². The molecule has 2 amide bonds. The van der Waals surface area contributed by atoms with Gasteiger partial charge in [-0.3, -0.25) is 0 Å². The van der Waals surface area contributed by atoms with Crippen molar-refractivity contribution in [1.82, 2.24) is 14.2 Å². The Morgan fingerprint density at radius 1 is 1.03 bits per heavy atom. The summed E-state index contributed by atoms with van der Waals surface area (Å²) in [6, 6.07) is 8.52. The molecule has 0 saturated carbocycles. The van der Waals surface area contributed by atoms with Crippen molar-refractivity contribution < 1.29 is 26.4 Å². The van der Waals surface area contributed by atoms with Gasteiger partial charge in [-0.05, 0) is 55.5 Å². The minimum atomic E-state index is -4.44. The van der Waals surface area contributed by atoms with Crippen LogP contribution in [0.2, 0.25) is 0 Å². The van der Waals surface area contributed by atoms with Gasteiger partial charge >= 0.3 is 12.2 Å². The normalized spacial score (nSPS) is 20.5. The van der Waals surface area contributed by atoms with Gasteiger partial charge in [0.1, 0.15) is 5.82 Å². The van der Waals surface area contributed by atoms with Crippen molar-refractivity contribution >= 4 is 21.9 Å². The summed E-state index contributed by atoms with van der Waals surface area (Å²) in [6.07, 6.45) is -0.896. The summed E-state index contributed by atoms with van der Waals surface area (Å²) in [6.45, 7) is 1.74. The van der Waals surface area contributed by atoms with Gasteiger partial charge in [-0.1, -0.05) is 12.1 Å². The Labute approximate surface area is 202 Å². The number of piperidine rings is 2. The molecule has 2 saturated heterocycles. The van der Waals surface area contributed by atoms with Crippen LogP contribution in [0.25, 0.3) is 0 Å². The number of amides is 2. The van der Waals surface area contributed by atoms with Gasteiger partial charge in [0.05, 0.1) is 10.5 Å². The number of sulfonamides is 1. The Kier molecular flexibility index (Phi) is 7.22. The van der Waals surface area contributed by atoms with Crippen LogP contribution in [0.15, 0.2) is 47.5 Å². The molecule has 1 aromatic carbocycles. The number of aromatic nitrogens is 1. The first-order valence-electron chi connectivity index (χ1n) is 11.5. The van der Waals surface area contributed by atoms with Crippen molar-refractivity contribution in [3.63, 3.8) is 0 Å². The number of hydrogen-bond donors (Lipinski definition) is 2. The van der Waals surface area contributed by atoms with E-state index in [1.807, 2.05) is 0 Å². The largest absolute Gasteiger partial charge is 0.417 e. The molecule has 35 heavy (non-hydrogen) atoms. The Morgan fingerprint density at radius 2 is 1.71 bits per heavy atom. The zero-order chi connectivity index (χ0) is 25.2. The van der Waals surface area contributed by atoms with Crippen LogP contribution in [0, 0.1) is 0 Å². The van der Waals surface area contributed by atoms with E-state index in [2.05, 4.69) is 10.3 Å². The highest BCUT2D eigenvalue weighted by atomic mass is 32.2. The minimum Gasteiger partial charge on any atom is -0.367 e. The van der Waals surface area contributed by atoms with Crippen LogP contribution in [-0.4, -0.2) is 60.9 Å². The first-order chi connectivity index (χ1) is 16.5. The highest BCUT2D eigenvalue weighted by Crippen LogP contribution is 2.30. The Hall–Kier alpha value is -2.86. The highest BCUT2D eigenvalue weighted by Gasteiger charge is 2.32. The summed E-state index contributed by atoms with van der Waals surface area (Å²) in [7, 11) is -3.67. The predicted molar refractivity (Wildman–Crippen MR) is 124 cm³/mol. The standard InChI is InChI=1S/C23H28F3N5O3S/c24-23(25,26)18-5-8-21(28-14-18)29-19-9-12-31(13-10-19)35(33,34)20-6-3-16(4-7-20)17-2-1-11-30(15-17)22(27)32/h3-8,14,17,19H,1-2,9-13,15H2,(H2,27,32)(H,28,29). The van der Waals surface area contributed by atoms with Crippen molar-refractivity contribution in [2.45, 2.75) is 48.7 Å². The number of nitrogens with one attached hydrogen (secondary N) is 1. The van der Waals surface area contributed by atoms with Gasteiger partial charge in [0.15, 0.2) is 0 Å². The lowest BCUT2D eigenvalue weighted by Crippen LogP contribution is -2.42. The molecule has 2 aromatic rings. The molecular weight excluding hydrogens is 483 g/mol. The number of carbonyl (C=O) groups is 1. The number of nitrogens with zero attached hydrogens (tertiary/aromatic N) is 3. The van der Waals surface area contributed by atoms with Gasteiger partial charge in [0.2, 0.25) is 10.0 Å². The average Bonchev–Trinajstić information content (AvgIpc) is 2.84. The molecule has 190 valence electrons. The Balaban J connectivity index is 1.34. The van der Waals surface area contributed by atoms with E-state index in [1.165, 1.54) is 10.4 Å². The second kappa shape index (κ2) is 10.0.